The summed E-state index contributed by atoms with van der Waals surface area (Å²) in [5, 5.41) is 0. The molecule has 3 nitrogen and oxygen atoms in total. The van der Waals surface area contributed by atoms with Crippen LogP contribution in [-0.2, 0) is 16.1 Å². The normalized spacial score (nSPS) is 25.3. The van der Waals surface area contributed by atoms with Crippen LogP contribution in [-0.4, -0.2) is 30.1 Å². The van der Waals surface area contributed by atoms with Crippen LogP contribution in [0.25, 0.3) is 0 Å². The average molecular weight is 247 g/mol. The summed E-state index contributed by atoms with van der Waals surface area (Å²) in [5.74, 6) is 0. The quantitative estimate of drug-likeness (QED) is 0.768. The van der Waals surface area contributed by atoms with Gasteiger partial charge < -0.3 is 9.53 Å². The molecule has 0 aromatic heterocycles. The van der Waals surface area contributed by atoms with Gasteiger partial charge in [-0.25, -0.2) is 0 Å². The molecule has 2 rings (SSSR count). The molecule has 0 saturated carbocycles. The molecule has 0 bridgehead atoms. The van der Waals surface area contributed by atoms with Gasteiger partial charge in [0.1, 0.15) is 12.5 Å². The highest BCUT2D eigenvalue weighted by Gasteiger charge is 2.40. The zero-order chi connectivity index (χ0) is 13.2. The molecule has 1 saturated heterocycles. The molecule has 18 heavy (non-hydrogen) atoms. The van der Waals surface area contributed by atoms with Crippen molar-refractivity contribution in [2.24, 2.45) is 5.41 Å². The van der Waals surface area contributed by atoms with E-state index in [0.29, 0.717) is 6.61 Å². The molecular weight excluding hydrogens is 226 g/mol. The maximum atomic E-state index is 11.2. The summed E-state index contributed by atoms with van der Waals surface area (Å²) < 4.78 is 5.80. The van der Waals surface area contributed by atoms with Gasteiger partial charge in [0.15, 0.2) is 0 Å². The van der Waals surface area contributed by atoms with E-state index in [1.165, 1.54) is 5.56 Å². The van der Waals surface area contributed by atoms with E-state index in [2.05, 4.69) is 37.8 Å². The zero-order valence-electron chi connectivity index (χ0n) is 11.3. The lowest BCUT2D eigenvalue weighted by molar-refractivity contribution is -0.112. The van der Waals surface area contributed by atoms with E-state index in [-0.39, 0.29) is 17.7 Å². The number of benzene rings is 1. The molecule has 0 spiro atoms. The van der Waals surface area contributed by atoms with Crippen molar-refractivity contribution in [3.8, 4) is 0 Å². The molecule has 1 aromatic rings. The highest BCUT2D eigenvalue weighted by molar-refractivity contribution is 5.58. The Morgan fingerprint density at radius 1 is 1.33 bits per heavy atom. The third-order valence-corrected chi connectivity index (χ3v) is 3.26. The number of carbonyl (C=O) groups excluding carboxylic acids is 1. The number of hydrogen-bond acceptors (Lipinski definition) is 3. The SMILES string of the molecule is CC(C)(C)[C@H]1OC[C@@H](C=O)N1Cc1ccccc1. The monoisotopic (exact) mass is 247 g/mol. The van der Waals surface area contributed by atoms with Crippen molar-refractivity contribution < 1.29 is 9.53 Å². The van der Waals surface area contributed by atoms with Gasteiger partial charge in [0.05, 0.1) is 12.6 Å². The summed E-state index contributed by atoms with van der Waals surface area (Å²) in [5.41, 5.74) is 1.22. The summed E-state index contributed by atoms with van der Waals surface area (Å²) >= 11 is 0. The van der Waals surface area contributed by atoms with Crippen LogP contribution in [0.1, 0.15) is 26.3 Å². The van der Waals surface area contributed by atoms with Crippen molar-refractivity contribution in [2.45, 2.75) is 39.6 Å². The van der Waals surface area contributed by atoms with Gasteiger partial charge in [-0.2, -0.15) is 0 Å². The van der Waals surface area contributed by atoms with E-state index in [1.807, 2.05) is 18.2 Å². The molecule has 0 amide bonds. The van der Waals surface area contributed by atoms with Gasteiger partial charge in [-0.05, 0) is 5.56 Å². The first-order chi connectivity index (χ1) is 8.52. The minimum Gasteiger partial charge on any atom is -0.360 e. The lowest BCUT2D eigenvalue weighted by atomic mass is 9.93. The van der Waals surface area contributed by atoms with E-state index in [1.54, 1.807) is 0 Å². The number of rotatable bonds is 3. The predicted molar refractivity (Wildman–Crippen MR) is 71.0 cm³/mol. The number of carbonyl (C=O) groups is 1. The first kappa shape index (κ1) is 13.2. The Kier molecular flexibility index (Phi) is 3.83. The van der Waals surface area contributed by atoms with Crippen molar-refractivity contribution >= 4 is 6.29 Å². The fourth-order valence-electron chi connectivity index (χ4n) is 2.41. The zero-order valence-corrected chi connectivity index (χ0v) is 11.3. The summed E-state index contributed by atoms with van der Waals surface area (Å²) in [6, 6.07) is 10.1. The van der Waals surface area contributed by atoms with Crippen LogP contribution >= 0.6 is 0 Å². The number of hydrogen-bond donors (Lipinski definition) is 0. The summed E-state index contributed by atoms with van der Waals surface area (Å²) in [7, 11) is 0. The topological polar surface area (TPSA) is 29.5 Å². The smallest absolute Gasteiger partial charge is 0.139 e. The number of aldehydes is 1. The summed E-state index contributed by atoms with van der Waals surface area (Å²) in [6.45, 7) is 7.68. The van der Waals surface area contributed by atoms with Gasteiger partial charge in [-0.3, -0.25) is 4.90 Å². The van der Waals surface area contributed by atoms with Crippen LogP contribution in [0.3, 0.4) is 0 Å². The molecule has 1 aliphatic rings. The average Bonchev–Trinajstić information content (AvgIpc) is 2.73. The van der Waals surface area contributed by atoms with Gasteiger partial charge in [-0.1, -0.05) is 51.1 Å². The highest BCUT2D eigenvalue weighted by atomic mass is 16.5. The lowest BCUT2D eigenvalue weighted by Crippen LogP contribution is -2.44. The second-order valence-corrected chi connectivity index (χ2v) is 5.91. The van der Waals surface area contributed by atoms with Crippen LogP contribution in [0.4, 0.5) is 0 Å². The number of nitrogens with zero attached hydrogens (tertiary/aromatic N) is 1. The molecule has 98 valence electrons. The third kappa shape index (κ3) is 2.79. The van der Waals surface area contributed by atoms with Crippen LogP contribution in [0, 0.1) is 5.41 Å². The lowest BCUT2D eigenvalue weighted by Gasteiger charge is -2.34. The first-order valence-corrected chi connectivity index (χ1v) is 6.39. The van der Waals surface area contributed by atoms with Crippen molar-refractivity contribution in [3.63, 3.8) is 0 Å². The minimum absolute atomic E-state index is 0.00649. The minimum atomic E-state index is -0.130. The number of ether oxygens (including phenoxy) is 1. The van der Waals surface area contributed by atoms with Crippen LogP contribution in [0.15, 0.2) is 30.3 Å². The molecule has 1 aromatic carbocycles. The molecule has 1 heterocycles. The van der Waals surface area contributed by atoms with Crippen molar-refractivity contribution in [2.75, 3.05) is 6.61 Å². The Balaban J connectivity index is 2.18. The molecule has 1 fully saturated rings. The molecule has 0 unspecified atom stereocenters. The molecular formula is C15H21NO2. The van der Waals surface area contributed by atoms with E-state index < -0.39 is 0 Å². The Hall–Kier alpha value is -1.19. The molecule has 1 aliphatic heterocycles. The van der Waals surface area contributed by atoms with Crippen molar-refractivity contribution in [3.05, 3.63) is 35.9 Å². The van der Waals surface area contributed by atoms with E-state index in [4.69, 9.17) is 4.74 Å². The Morgan fingerprint density at radius 3 is 2.56 bits per heavy atom. The second kappa shape index (κ2) is 5.21. The molecule has 0 radical (unpaired) electrons. The van der Waals surface area contributed by atoms with E-state index in [0.717, 1.165) is 12.8 Å². The molecule has 3 heteroatoms. The highest BCUT2D eigenvalue weighted by Crippen LogP contribution is 2.32. The Morgan fingerprint density at radius 2 is 2.00 bits per heavy atom. The Labute approximate surface area is 109 Å². The standard InChI is InChI=1S/C15H21NO2/c1-15(2,3)14-16(13(10-17)11-18-14)9-12-7-5-4-6-8-12/h4-8,10,13-14H,9,11H2,1-3H3/t13-,14-/m1/s1. The van der Waals surface area contributed by atoms with E-state index >= 15 is 0 Å². The van der Waals surface area contributed by atoms with Gasteiger partial charge in [0, 0.05) is 12.0 Å². The van der Waals surface area contributed by atoms with Gasteiger partial charge in [0.2, 0.25) is 0 Å². The molecule has 0 aliphatic carbocycles. The van der Waals surface area contributed by atoms with Crippen LogP contribution in [0.5, 0.6) is 0 Å². The van der Waals surface area contributed by atoms with Gasteiger partial charge in [-0.15, -0.1) is 0 Å². The van der Waals surface area contributed by atoms with Crippen LogP contribution < -0.4 is 0 Å². The van der Waals surface area contributed by atoms with Gasteiger partial charge >= 0.3 is 0 Å². The van der Waals surface area contributed by atoms with E-state index in [9.17, 15) is 4.79 Å². The fraction of sp³-hybridized carbons (Fsp3) is 0.533. The first-order valence-electron chi connectivity index (χ1n) is 6.39. The van der Waals surface area contributed by atoms with Gasteiger partial charge in [0.25, 0.3) is 0 Å². The Bertz CT molecular complexity index is 397. The second-order valence-electron chi connectivity index (χ2n) is 5.91. The molecule has 2 atom stereocenters. The van der Waals surface area contributed by atoms with Crippen molar-refractivity contribution in [1.29, 1.82) is 0 Å². The van der Waals surface area contributed by atoms with Crippen molar-refractivity contribution in [1.82, 2.24) is 4.90 Å². The maximum Gasteiger partial charge on any atom is 0.139 e. The fourth-order valence-corrected chi connectivity index (χ4v) is 2.41. The maximum absolute atomic E-state index is 11.2. The predicted octanol–water partition coefficient (Wildman–Crippen LogP) is 2.46. The largest absolute Gasteiger partial charge is 0.360 e. The third-order valence-electron chi connectivity index (χ3n) is 3.26. The summed E-state index contributed by atoms with van der Waals surface area (Å²) in [4.78, 5) is 13.3. The molecule has 0 N–H and O–H groups in total. The van der Waals surface area contributed by atoms with Crippen LogP contribution in [0.2, 0.25) is 0 Å². The summed E-state index contributed by atoms with van der Waals surface area (Å²) in [6.07, 6.45) is 0.988.